The van der Waals surface area contributed by atoms with Gasteiger partial charge in [0.05, 0.1) is 6.61 Å². The predicted molar refractivity (Wildman–Crippen MR) is 114 cm³/mol. The summed E-state index contributed by atoms with van der Waals surface area (Å²) in [4.78, 5) is 23.8. The van der Waals surface area contributed by atoms with Gasteiger partial charge in [0, 0.05) is 11.9 Å². The number of amides is 1. The zero-order valence-corrected chi connectivity index (χ0v) is 17.8. The number of nitrogens with one attached hydrogen (secondary N) is 1. The molecular weight excluding hydrogens is 401 g/mol. The van der Waals surface area contributed by atoms with Crippen LogP contribution in [0.1, 0.15) is 37.5 Å². The lowest BCUT2D eigenvalue weighted by Crippen LogP contribution is -2.45. The summed E-state index contributed by atoms with van der Waals surface area (Å²) in [6.45, 7) is 5.52. The molecule has 1 aliphatic rings. The Kier molecular flexibility index (Phi) is 6.87. The molecule has 2 aromatic rings. The molecular formula is C22H26BNO7. The molecule has 3 N–H and O–H groups in total. The van der Waals surface area contributed by atoms with Gasteiger partial charge in [-0.1, -0.05) is 36.4 Å². The third-order valence-electron chi connectivity index (χ3n) is 4.70. The minimum absolute atomic E-state index is 0.00591. The van der Waals surface area contributed by atoms with E-state index in [1.165, 1.54) is 0 Å². The van der Waals surface area contributed by atoms with Gasteiger partial charge in [-0.15, -0.1) is 0 Å². The zero-order valence-electron chi connectivity index (χ0n) is 17.8. The summed E-state index contributed by atoms with van der Waals surface area (Å²) in [6.07, 6.45) is -0.804. The van der Waals surface area contributed by atoms with Gasteiger partial charge >= 0.3 is 19.2 Å². The lowest BCUT2D eigenvalue weighted by molar-refractivity contribution is -0.139. The van der Waals surface area contributed by atoms with E-state index in [0.29, 0.717) is 28.9 Å². The van der Waals surface area contributed by atoms with Crippen molar-refractivity contribution in [1.82, 2.24) is 5.32 Å². The van der Waals surface area contributed by atoms with Crippen molar-refractivity contribution in [3.05, 3.63) is 59.2 Å². The maximum Gasteiger partial charge on any atom is 0.495 e. The summed E-state index contributed by atoms with van der Waals surface area (Å²) in [5.74, 6) is -0.719. The second-order valence-corrected chi connectivity index (χ2v) is 8.29. The number of benzene rings is 2. The van der Waals surface area contributed by atoms with E-state index in [-0.39, 0.29) is 13.0 Å². The molecule has 0 saturated heterocycles. The molecule has 1 heterocycles. The van der Waals surface area contributed by atoms with Crippen molar-refractivity contribution in [1.29, 1.82) is 0 Å². The van der Waals surface area contributed by atoms with Crippen molar-refractivity contribution in [2.45, 2.75) is 52.0 Å². The van der Waals surface area contributed by atoms with Gasteiger partial charge in [0.1, 0.15) is 24.0 Å². The number of hydrogen-bond donors (Lipinski definition) is 3. The van der Waals surface area contributed by atoms with Crippen LogP contribution in [0.3, 0.4) is 0 Å². The van der Waals surface area contributed by atoms with Crippen LogP contribution in [-0.4, -0.2) is 41.0 Å². The van der Waals surface area contributed by atoms with E-state index in [4.69, 9.17) is 14.1 Å². The summed E-state index contributed by atoms with van der Waals surface area (Å²) in [7, 11) is -1.16. The van der Waals surface area contributed by atoms with Gasteiger partial charge in [0.25, 0.3) is 0 Å². The van der Waals surface area contributed by atoms with Crippen molar-refractivity contribution >= 4 is 24.6 Å². The first-order valence-electron chi connectivity index (χ1n) is 9.97. The largest absolute Gasteiger partial charge is 0.495 e. The molecule has 0 radical (unpaired) electrons. The number of carboxylic acid groups (broad SMARTS) is 1. The zero-order chi connectivity index (χ0) is 22.6. The maximum atomic E-state index is 12.0. The first-order chi connectivity index (χ1) is 14.6. The third-order valence-corrected chi connectivity index (χ3v) is 4.70. The Morgan fingerprint density at radius 2 is 1.90 bits per heavy atom. The van der Waals surface area contributed by atoms with Crippen LogP contribution in [0.4, 0.5) is 4.79 Å². The van der Waals surface area contributed by atoms with Crippen LogP contribution in [0.5, 0.6) is 5.75 Å². The number of hydrogen-bond acceptors (Lipinski definition) is 6. The molecule has 1 atom stereocenters. The molecule has 0 aliphatic carbocycles. The quantitative estimate of drug-likeness (QED) is 0.579. The fraction of sp³-hybridized carbons (Fsp3) is 0.364. The van der Waals surface area contributed by atoms with Crippen molar-refractivity contribution < 1.29 is 33.8 Å². The summed E-state index contributed by atoms with van der Waals surface area (Å²) in [6, 6.07) is 11.8. The van der Waals surface area contributed by atoms with Gasteiger partial charge in [-0.3, -0.25) is 0 Å². The van der Waals surface area contributed by atoms with Crippen LogP contribution in [0, 0.1) is 0 Å². The van der Waals surface area contributed by atoms with Crippen molar-refractivity contribution in [2.75, 3.05) is 0 Å². The van der Waals surface area contributed by atoms with Crippen molar-refractivity contribution in [2.24, 2.45) is 0 Å². The molecule has 2 aromatic carbocycles. The Morgan fingerprint density at radius 1 is 1.19 bits per heavy atom. The molecule has 1 amide bonds. The van der Waals surface area contributed by atoms with Crippen LogP contribution in [0.25, 0.3) is 0 Å². The van der Waals surface area contributed by atoms with Gasteiger partial charge < -0.3 is 29.6 Å². The van der Waals surface area contributed by atoms with Gasteiger partial charge in [0.2, 0.25) is 0 Å². The van der Waals surface area contributed by atoms with Gasteiger partial charge in [-0.25, -0.2) is 9.59 Å². The number of rotatable bonds is 7. The minimum Gasteiger partial charge on any atom is -0.489 e. The first-order valence-corrected chi connectivity index (χ1v) is 9.97. The van der Waals surface area contributed by atoms with Gasteiger partial charge in [-0.2, -0.15) is 0 Å². The molecule has 31 heavy (non-hydrogen) atoms. The van der Waals surface area contributed by atoms with E-state index >= 15 is 0 Å². The fourth-order valence-electron chi connectivity index (χ4n) is 3.30. The van der Waals surface area contributed by atoms with E-state index in [9.17, 15) is 19.7 Å². The summed E-state index contributed by atoms with van der Waals surface area (Å²) in [5, 5.41) is 22.3. The fourth-order valence-corrected chi connectivity index (χ4v) is 3.30. The molecule has 0 spiro atoms. The average molecular weight is 427 g/mol. The Morgan fingerprint density at radius 3 is 2.55 bits per heavy atom. The minimum atomic E-state index is -1.20. The Bertz CT molecular complexity index is 943. The Balaban J connectivity index is 1.78. The highest BCUT2D eigenvalue weighted by atomic mass is 16.6. The molecule has 0 saturated carbocycles. The molecule has 0 bridgehead atoms. The van der Waals surface area contributed by atoms with Crippen LogP contribution < -0.4 is 15.5 Å². The maximum absolute atomic E-state index is 12.0. The highest BCUT2D eigenvalue weighted by Gasteiger charge is 2.34. The van der Waals surface area contributed by atoms with Gasteiger partial charge in [-0.05, 0) is 43.5 Å². The molecule has 0 fully saturated rings. The lowest BCUT2D eigenvalue weighted by atomic mass is 9.77. The van der Waals surface area contributed by atoms with Gasteiger partial charge in [0.15, 0.2) is 0 Å². The topological polar surface area (TPSA) is 114 Å². The van der Waals surface area contributed by atoms with Crippen molar-refractivity contribution in [3.63, 3.8) is 0 Å². The lowest BCUT2D eigenvalue weighted by Gasteiger charge is -2.22. The van der Waals surface area contributed by atoms with Crippen molar-refractivity contribution in [3.8, 4) is 5.75 Å². The Labute approximate surface area is 181 Å². The second-order valence-electron chi connectivity index (χ2n) is 8.29. The van der Waals surface area contributed by atoms with E-state index in [2.05, 4.69) is 5.32 Å². The third kappa shape index (κ3) is 5.99. The van der Waals surface area contributed by atoms with E-state index in [1.807, 2.05) is 30.3 Å². The molecule has 1 aliphatic heterocycles. The number of aliphatic carboxylic acids is 1. The summed E-state index contributed by atoms with van der Waals surface area (Å²) >= 11 is 0. The first kappa shape index (κ1) is 22.6. The molecule has 0 aromatic heterocycles. The monoisotopic (exact) mass is 427 g/mol. The number of carbonyl (C=O) groups is 2. The molecule has 9 heteroatoms. The molecule has 0 unspecified atom stereocenters. The number of alkyl carbamates (subject to hydrolysis) is 1. The van der Waals surface area contributed by atoms with E-state index in [1.54, 1.807) is 32.9 Å². The van der Waals surface area contributed by atoms with Crippen LogP contribution in [-0.2, 0) is 33.8 Å². The number of carbonyl (C=O) groups excluding carboxylic acids is 1. The highest BCUT2D eigenvalue weighted by Crippen LogP contribution is 2.24. The molecule has 164 valence electrons. The van der Waals surface area contributed by atoms with Crippen LogP contribution in [0.2, 0.25) is 0 Å². The number of fused-ring (bicyclic) bond motifs is 1. The predicted octanol–water partition coefficient (Wildman–Crippen LogP) is 2.00. The van der Waals surface area contributed by atoms with E-state index in [0.717, 1.165) is 5.56 Å². The van der Waals surface area contributed by atoms with Crippen LogP contribution in [0.15, 0.2) is 42.5 Å². The van der Waals surface area contributed by atoms with Crippen LogP contribution >= 0.6 is 0 Å². The summed E-state index contributed by atoms with van der Waals surface area (Å²) < 4.78 is 16.4. The smallest absolute Gasteiger partial charge is 0.489 e. The van der Waals surface area contributed by atoms with E-state index < -0.39 is 30.8 Å². The summed E-state index contributed by atoms with van der Waals surface area (Å²) in [5.41, 5.74) is 2.01. The highest BCUT2D eigenvalue weighted by molar-refractivity contribution is 6.62. The second kappa shape index (κ2) is 9.41. The number of carboxylic acids is 1. The molecule has 3 rings (SSSR count). The Hall–Kier alpha value is -3.04. The standard InChI is InChI=1S/C22H26BNO7/c1-22(2,3)31-21(27)24-17(20(25)26)11-15-9-10-18(19-16(15)13-30-23(19)28)29-12-14-7-5-4-6-8-14/h4-10,17,28H,11-13H2,1-3H3,(H,24,27)(H,25,26)/t17-/m0/s1. The average Bonchev–Trinajstić information content (AvgIpc) is 3.08. The normalized spacial score (nSPS) is 14.0. The number of ether oxygens (including phenoxy) is 2. The molecule has 8 nitrogen and oxygen atoms in total. The SMILES string of the molecule is CC(C)(C)OC(=O)N[C@@H](Cc1ccc(OCc2ccccc2)c2c1COB2O)C(=O)O.